The molecule has 0 atom stereocenters. The topological polar surface area (TPSA) is 110 Å². The minimum Gasteiger partial charge on any atom is -0.452 e. The molecule has 8 nitrogen and oxygen atoms in total. The molecule has 0 saturated carbocycles. The van der Waals surface area contributed by atoms with Crippen LogP contribution in [0.25, 0.3) is 0 Å². The quantitative estimate of drug-likeness (QED) is 0.828. The molecule has 0 aromatic carbocycles. The van der Waals surface area contributed by atoms with Crippen LogP contribution in [0.5, 0.6) is 0 Å². The van der Waals surface area contributed by atoms with Gasteiger partial charge in [-0.05, 0) is 15.9 Å². The molecule has 0 bridgehead atoms. The number of hydrogen-bond acceptors (Lipinski definition) is 6. The Morgan fingerprint density at radius 3 is 2.62 bits per heavy atom. The van der Waals surface area contributed by atoms with Crippen molar-refractivity contribution in [2.75, 3.05) is 11.8 Å². The maximum atomic E-state index is 11.3. The molecule has 1 aromatic rings. The number of anilines is 1. The van der Waals surface area contributed by atoms with Gasteiger partial charge in [-0.25, -0.2) is 24.2 Å². The highest BCUT2D eigenvalue weighted by Crippen LogP contribution is 2.07. The number of hydrogen-bond donors (Lipinski definition) is 2. The summed E-state index contributed by atoms with van der Waals surface area (Å²) < 4.78 is 30.7. The summed E-state index contributed by atoms with van der Waals surface area (Å²) in [6.45, 7) is 0. The summed E-state index contributed by atoms with van der Waals surface area (Å²) in [5.41, 5.74) is 0. The maximum absolute atomic E-state index is 11.3. The molecule has 0 aliphatic rings. The normalized spacial score (nSPS) is 10.6. The van der Waals surface area contributed by atoms with Gasteiger partial charge in [-0.15, -0.1) is 0 Å². The number of methoxy groups -OCH3 is 1. The van der Waals surface area contributed by atoms with Crippen LogP contribution in [0.1, 0.15) is 0 Å². The van der Waals surface area contributed by atoms with Crippen LogP contribution in [0, 0.1) is 0 Å². The van der Waals surface area contributed by atoms with Crippen molar-refractivity contribution in [3.63, 3.8) is 0 Å². The van der Waals surface area contributed by atoms with Crippen molar-refractivity contribution < 1.29 is 17.9 Å². The number of aromatic nitrogens is 2. The van der Waals surface area contributed by atoms with Crippen molar-refractivity contribution >= 4 is 38.1 Å². The van der Waals surface area contributed by atoms with Crippen molar-refractivity contribution in [1.29, 1.82) is 0 Å². The van der Waals surface area contributed by atoms with Crippen LogP contribution in [0.2, 0.25) is 0 Å². The van der Waals surface area contributed by atoms with Gasteiger partial charge in [0.05, 0.1) is 19.5 Å². The van der Waals surface area contributed by atoms with E-state index in [1.54, 1.807) is 4.72 Å². The van der Waals surface area contributed by atoms with Gasteiger partial charge in [0.1, 0.15) is 4.60 Å². The van der Waals surface area contributed by atoms with Gasteiger partial charge in [-0.3, -0.25) is 0 Å². The molecule has 0 saturated heterocycles. The highest BCUT2D eigenvalue weighted by Gasteiger charge is 2.14. The number of nitrogens with zero attached hydrogens (tertiary/aromatic N) is 2. The molecule has 16 heavy (non-hydrogen) atoms. The Morgan fingerprint density at radius 1 is 1.44 bits per heavy atom. The van der Waals surface area contributed by atoms with E-state index in [4.69, 9.17) is 0 Å². The van der Waals surface area contributed by atoms with E-state index in [9.17, 15) is 13.2 Å². The fourth-order valence-corrected chi connectivity index (χ4v) is 1.62. The van der Waals surface area contributed by atoms with Crippen molar-refractivity contribution in [3.8, 4) is 0 Å². The summed E-state index contributed by atoms with van der Waals surface area (Å²) in [7, 11) is -3.01. The van der Waals surface area contributed by atoms with E-state index in [1.807, 2.05) is 4.72 Å². The van der Waals surface area contributed by atoms with Gasteiger partial charge < -0.3 is 4.74 Å². The smallest absolute Gasteiger partial charge is 0.422 e. The molecule has 0 spiro atoms. The first kappa shape index (κ1) is 12.6. The molecule has 0 aliphatic heterocycles. The van der Waals surface area contributed by atoms with Crippen LogP contribution < -0.4 is 9.44 Å². The zero-order chi connectivity index (χ0) is 12.2. The van der Waals surface area contributed by atoms with Crippen LogP contribution >= 0.6 is 15.9 Å². The molecule has 0 aliphatic carbocycles. The zero-order valence-electron chi connectivity index (χ0n) is 7.97. The Kier molecular flexibility index (Phi) is 4.01. The van der Waals surface area contributed by atoms with Crippen molar-refractivity contribution in [2.45, 2.75) is 0 Å². The lowest BCUT2D eigenvalue weighted by Gasteiger charge is -2.06. The lowest BCUT2D eigenvalue weighted by molar-refractivity contribution is 0.177. The van der Waals surface area contributed by atoms with Crippen LogP contribution in [-0.2, 0) is 14.9 Å². The molecule has 1 aromatic heterocycles. The first-order chi connectivity index (χ1) is 7.43. The number of carbonyl (C=O) groups is 1. The Hall–Kier alpha value is -1.42. The fraction of sp³-hybridized carbons (Fsp3) is 0.167. The van der Waals surface area contributed by atoms with E-state index in [1.165, 1.54) is 12.4 Å². The summed E-state index contributed by atoms with van der Waals surface area (Å²) in [4.78, 5) is 18.1. The number of ether oxygens (including phenoxy) is 1. The van der Waals surface area contributed by atoms with E-state index in [-0.39, 0.29) is 5.82 Å². The minimum absolute atomic E-state index is 0.0281. The second kappa shape index (κ2) is 5.07. The van der Waals surface area contributed by atoms with Crippen LogP contribution in [0.4, 0.5) is 10.6 Å². The van der Waals surface area contributed by atoms with Crippen LogP contribution in [-0.4, -0.2) is 31.6 Å². The first-order valence-electron chi connectivity index (χ1n) is 3.79. The Labute approximate surface area is 99.7 Å². The van der Waals surface area contributed by atoms with Crippen LogP contribution in [0.3, 0.4) is 0 Å². The van der Waals surface area contributed by atoms with Gasteiger partial charge in [0.25, 0.3) is 0 Å². The zero-order valence-corrected chi connectivity index (χ0v) is 10.4. The molecular weight excluding hydrogens is 304 g/mol. The maximum Gasteiger partial charge on any atom is 0.422 e. The Balaban J connectivity index is 2.73. The third-order valence-electron chi connectivity index (χ3n) is 1.26. The summed E-state index contributed by atoms with van der Waals surface area (Å²) in [6, 6.07) is 0. The van der Waals surface area contributed by atoms with E-state index < -0.39 is 16.3 Å². The molecule has 88 valence electrons. The Bertz CT molecular complexity index is 474. The largest absolute Gasteiger partial charge is 0.452 e. The highest BCUT2D eigenvalue weighted by molar-refractivity contribution is 9.10. The van der Waals surface area contributed by atoms with Gasteiger partial charge in [0, 0.05) is 0 Å². The standard InChI is InChI=1S/C6H7BrN4O4S/c1-15-6(12)11-16(13,14)10-5-3-8-4(7)2-9-5/h2-3H,1H3,(H,9,10)(H,11,12). The van der Waals surface area contributed by atoms with Gasteiger partial charge in [0.2, 0.25) is 0 Å². The molecule has 0 unspecified atom stereocenters. The number of halogens is 1. The third-order valence-corrected chi connectivity index (χ3v) is 2.59. The average molecular weight is 311 g/mol. The van der Waals surface area contributed by atoms with E-state index in [0.717, 1.165) is 7.11 Å². The predicted molar refractivity (Wildman–Crippen MR) is 57.8 cm³/mol. The molecule has 1 heterocycles. The molecule has 1 rings (SSSR count). The molecule has 10 heteroatoms. The molecule has 0 radical (unpaired) electrons. The number of amides is 1. The lowest BCUT2D eigenvalue weighted by atomic mass is 10.7. The van der Waals surface area contributed by atoms with Gasteiger partial charge in [0.15, 0.2) is 5.82 Å². The molecule has 1 amide bonds. The molecule has 2 N–H and O–H groups in total. The number of rotatable bonds is 3. The number of nitrogens with one attached hydrogen (secondary N) is 2. The van der Waals surface area contributed by atoms with E-state index >= 15 is 0 Å². The monoisotopic (exact) mass is 310 g/mol. The summed E-state index contributed by atoms with van der Waals surface area (Å²) in [6.07, 6.45) is 1.38. The van der Waals surface area contributed by atoms with Gasteiger partial charge in [-0.2, -0.15) is 8.42 Å². The van der Waals surface area contributed by atoms with Crippen molar-refractivity contribution in [2.24, 2.45) is 0 Å². The third kappa shape index (κ3) is 3.98. The van der Waals surface area contributed by atoms with Gasteiger partial charge in [-0.1, -0.05) is 0 Å². The SMILES string of the molecule is COC(=O)NS(=O)(=O)Nc1cnc(Br)cn1. The Morgan fingerprint density at radius 2 is 2.12 bits per heavy atom. The highest BCUT2D eigenvalue weighted by atomic mass is 79.9. The average Bonchev–Trinajstić information content (AvgIpc) is 2.20. The van der Waals surface area contributed by atoms with Gasteiger partial charge >= 0.3 is 16.3 Å². The van der Waals surface area contributed by atoms with E-state index in [0.29, 0.717) is 4.60 Å². The summed E-state index contributed by atoms with van der Waals surface area (Å²) in [5, 5.41) is 0. The fourth-order valence-electron chi connectivity index (χ4n) is 0.680. The second-order valence-electron chi connectivity index (χ2n) is 2.42. The minimum atomic E-state index is -4.05. The van der Waals surface area contributed by atoms with Crippen molar-refractivity contribution in [3.05, 3.63) is 17.0 Å². The molecular formula is C6H7BrN4O4S. The summed E-state index contributed by atoms with van der Waals surface area (Å²) >= 11 is 3.04. The second-order valence-corrected chi connectivity index (χ2v) is 4.65. The summed E-state index contributed by atoms with van der Waals surface area (Å²) in [5.74, 6) is -0.0281. The lowest BCUT2D eigenvalue weighted by Crippen LogP contribution is -2.35. The predicted octanol–water partition coefficient (Wildman–Crippen LogP) is 0.252. The molecule has 0 fully saturated rings. The van der Waals surface area contributed by atoms with E-state index in [2.05, 4.69) is 30.6 Å². The number of carbonyl (C=O) groups excluding carboxylic acids is 1. The van der Waals surface area contributed by atoms with Crippen LogP contribution in [0.15, 0.2) is 17.0 Å². The first-order valence-corrected chi connectivity index (χ1v) is 6.06. The van der Waals surface area contributed by atoms with Crippen molar-refractivity contribution in [1.82, 2.24) is 14.7 Å².